The zero-order chi connectivity index (χ0) is 63.3. The van der Waals surface area contributed by atoms with Crippen LogP contribution in [0.4, 0.5) is 14.4 Å². The van der Waals surface area contributed by atoms with E-state index in [4.69, 9.17) is 28.4 Å². The minimum Gasteiger partial charge on any atom is -0.446 e. The van der Waals surface area contributed by atoms with Crippen LogP contribution in [0.5, 0.6) is 34.5 Å². The summed E-state index contributed by atoms with van der Waals surface area (Å²) in [6, 6.07) is 33.6. The van der Waals surface area contributed by atoms with Crippen LogP contribution < -0.4 is 60.3 Å². The molecule has 2 atom stereocenters. The third-order valence-electron chi connectivity index (χ3n) is 23.4. The van der Waals surface area contributed by atoms with Gasteiger partial charge in [-0.25, -0.2) is 14.4 Å². The summed E-state index contributed by atoms with van der Waals surface area (Å²) in [4.78, 5) is 45.0. The Morgan fingerprint density at radius 3 is 0.946 bits per heavy atom. The number of hydrogen-bond acceptors (Lipinski definition) is 10. The lowest BCUT2D eigenvalue weighted by molar-refractivity contribution is -0.222. The van der Waals surface area contributed by atoms with Crippen LogP contribution >= 0.6 is 0 Å². The summed E-state index contributed by atoms with van der Waals surface area (Å²) >= 11 is 0. The van der Waals surface area contributed by atoms with E-state index in [0.29, 0.717) is 54.1 Å². The number of benzene rings is 6. The van der Waals surface area contributed by atoms with Gasteiger partial charge in [-0.2, -0.15) is 0 Å². The highest BCUT2D eigenvalue weighted by Crippen LogP contribution is 2.63. The van der Waals surface area contributed by atoms with Gasteiger partial charge in [0.15, 0.2) is 34.5 Å². The number of urea groups is 3. The molecule has 6 fully saturated rings. The quantitative estimate of drug-likeness (QED) is 0.0300. The van der Waals surface area contributed by atoms with E-state index in [9.17, 15) is 14.4 Å². The fourth-order valence-electron chi connectivity index (χ4n) is 19.0. The molecule has 16 heteroatoms. The maximum absolute atomic E-state index is 14.5. The lowest BCUT2D eigenvalue weighted by Crippen LogP contribution is -2.75. The Morgan fingerprint density at radius 1 is 0.387 bits per heavy atom. The molecule has 9 aliphatic rings. The van der Waals surface area contributed by atoms with Crippen LogP contribution in [-0.4, -0.2) is 83.2 Å². The molecule has 6 N–H and O–H groups in total. The third-order valence-corrected chi connectivity index (χ3v) is 23.4. The van der Waals surface area contributed by atoms with Gasteiger partial charge in [0, 0.05) is 57.0 Å². The number of ether oxygens (including phenoxy) is 6. The van der Waals surface area contributed by atoms with Gasteiger partial charge in [0.2, 0.25) is 0 Å². The second-order valence-electron chi connectivity index (χ2n) is 29.1. The van der Waals surface area contributed by atoms with Crippen molar-refractivity contribution in [3.8, 4) is 34.5 Å². The minimum absolute atomic E-state index is 0.0434. The van der Waals surface area contributed by atoms with Crippen molar-refractivity contribution in [3.05, 3.63) is 108 Å². The SMILES string of the molecule is CCCCCCNC(=O)NC12CCCC(CCC1)C21Oc2cc3c4cc5c(cc4c4cc6c(cc4c3cc2O1)OC1(O6)C2CCCC1(NC(=O)NCCCN(Cc1ccccc1)Cc1ccccc1)CCC2)OC1(O5)C2CCCC1(NC(=O)NCCCCCC)CCC2. The molecule has 6 aromatic carbocycles. The summed E-state index contributed by atoms with van der Waals surface area (Å²) in [6.45, 7) is 8.62. The summed E-state index contributed by atoms with van der Waals surface area (Å²) in [5, 5.41) is 26.0. The van der Waals surface area contributed by atoms with Gasteiger partial charge in [0.1, 0.15) is 16.6 Å². The van der Waals surface area contributed by atoms with Crippen LogP contribution in [-0.2, 0) is 13.1 Å². The Labute approximate surface area is 548 Å². The predicted molar refractivity (Wildman–Crippen MR) is 362 cm³/mol. The van der Waals surface area contributed by atoms with Crippen LogP contribution in [0, 0.1) is 17.8 Å². The maximum Gasteiger partial charge on any atom is 0.315 e. The number of nitrogens with zero attached hydrogens (tertiary/aromatic N) is 1. The van der Waals surface area contributed by atoms with E-state index in [0.717, 1.165) is 225 Å². The molecule has 15 rings (SSSR count). The van der Waals surface area contributed by atoms with E-state index in [2.05, 4.69) is 148 Å². The zero-order valence-electron chi connectivity index (χ0n) is 54.9. The highest BCUT2D eigenvalue weighted by molar-refractivity contribution is 6.27. The van der Waals surface area contributed by atoms with E-state index in [1.807, 2.05) is 0 Å². The Hall–Kier alpha value is -7.33. The molecule has 16 nitrogen and oxygen atoms in total. The summed E-state index contributed by atoms with van der Waals surface area (Å²) in [5.41, 5.74) is 0.257. The smallest absolute Gasteiger partial charge is 0.315 e. The molecule has 3 spiro atoms. The first-order valence-electron chi connectivity index (χ1n) is 36.2. The van der Waals surface area contributed by atoms with E-state index < -0.39 is 34.0 Å². The third kappa shape index (κ3) is 11.0. The molecule has 93 heavy (non-hydrogen) atoms. The molecule has 3 heterocycles. The molecule has 6 aliphatic carbocycles. The lowest BCUT2D eigenvalue weighted by atomic mass is 9.62. The second kappa shape index (κ2) is 25.4. The normalized spacial score (nSPS) is 29.1. The van der Waals surface area contributed by atoms with Crippen molar-refractivity contribution in [2.45, 2.75) is 234 Å². The first kappa shape index (κ1) is 61.8. The molecule has 6 aromatic rings. The van der Waals surface area contributed by atoms with Gasteiger partial charge in [0.25, 0.3) is 17.4 Å². The van der Waals surface area contributed by atoms with Crippen LogP contribution in [0.25, 0.3) is 32.3 Å². The van der Waals surface area contributed by atoms with Crippen molar-refractivity contribution in [1.82, 2.24) is 36.8 Å². The largest absolute Gasteiger partial charge is 0.446 e. The monoisotopic (exact) mass is 1260 g/mol. The minimum atomic E-state index is -1.13. The van der Waals surface area contributed by atoms with E-state index in [-0.39, 0.29) is 35.8 Å². The highest BCUT2D eigenvalue weighted by atomic mass is 16.8. The standard InChI is InChI=1S/C77H97N7O9/c1-3-5-7-15-40-78-69(85)81-72-34-17-28-54(29-18-35-72)75(72)88-63-44-57-58-45-64-66(91-76(89-64)55-30-19-36-73(76,37-20-31-55)82-70(86)79-41-16-8-6-4-2)47-60(58)62-49-68-67(48-61(62)59(57)46-65(63)90-75)92-77(93-68)56-32-21-38-74(77,39-22-33-56)83-71(87)80-42-23-43-84(50-52-24-11-9-12-25-52)51-53-26-13-10-14-27-53/h9-14,24-27,44-49,54-56H,3-8,15-23,28-43,50-51H2,1-2H3,(H2,78,81,85)(H2,79,82,86)(H2,80,83,87). The molecular formula is C77H97N7O9. The van der Waals surface area contributed by atoms with Crippen molar-refractivity contribution >= 4 is 50.4 Å². The summed E-state index contributed by atoms with van der Waals surface area (Å²) in [5.74, 6) is 0.766. The molecule has 6 bridgehead atoms. The Morgan fingerprint density at radius 2 is 0.667 bits per heavy atom. The zero-order valence-corrected chi connectivity index (χ0v) is 54.9. The van der Waals surface area contributed by atoms with E-state index >= 15 is 0 Å². The fraction of sp³-hybridized carbons (Fsp3) is 0.571. The van der Waals surface area contributed by atoms with Gasteiger partial charge in [-0.3, -0.25) is 4.90 Å². The van der Waals surface area contributed by atoms with Crippen molar-refractivity contribution in [3.63, 3.8) is 0 Å². The molecular weight excluding hydrogens is 1170 g/mol. The van der Waals surface area contributed by atoms with Gasteiger partial charge >= 0.3 is 18.1 Å². The van der Waals surface area contributed by atoms with Gasteiger partial charge in [-0.05, 0) is 176 Å². The lowest BCUT2D eigenvalue weighted by Gasteiger charge is -2.56. The number of amides is 6. The Kier molecular flexibility index (Phi) is 16.9. The van der Waals surface area contributed by atoms with Crippen LogP contribution in [0.3, 0.4) is 0 Å². The van der Waals surface area contributed by atoms with Crippen molar-refractivity contribution < 1.29 is 42.8 Å². The number of hydrogen-bond donors (Lipinski definition) is 6. The number of carbonyl (C=O) groups excluding carboxylic acids is 3. The molecule has 6 saturated carbocycles. The summed E-state index contributed by atoms with van der Waals surface area (Å²) in [6.07, 6.45) is 25.3. The number of rotatable bonds is 21. The fourth-order valence-corrected chi connectivity index (χ4v) is 19.0. The van der Waals surface area contributed by atoms with E-state index in [1.165, 1.54) is 11.1 Å². The first-order valence-corrected chi connectivity index (χ1v) is 36.2. The van der Waals surface area contributed by atoms with Gasteiger partial charge < -0.3 is 60.3 Å². The second-order valence-corrected chi connectivity index (χ2v) is 29.1. The van der Waals surface area contributed by atoms with Crippen molar-refractivity contribution in [1.29, 1.82) is 0 Å². The van der Waals surface area contributed by atoms with Gasteiger partial charge in [-0.1, -0.05) is 152 Å². The van der Waals surface area contributed by atoms with Gasteiger partial charge in [0.05, 0.1) is 0 Å². The molecule has 2 unspecified atom stereocenters. The van der Waals surface area contributed by atoms with Crippen LogP contribution in [0.1, 0.15) is 198 Å². The molecule has 494 valence electrons. The molecule has 0 aromatic heterocycles. The molecule has 0 radical (unpaired) electrons. The van der Waals surface area contributed by atoms with Crippen molar-refractivity contribution in [2.75, 3.05) is 26.2 Å². The van der Waals surface area contributed by atoms with Crippen LogP contribution in [0.2, 0.25) is 0 Å². The summed E-state index contributed by atoms with van der Waals surface area (Å²) < 4.78 is 44.7. The highest BCUT2D eigenvalue weighted by Gasteiger charge is 2.70. The summed E-state index contributed by atoms with van der Waals surface area (Å²) in [7, 11) is 0. The average Bonchev–Trinajstić information content (AvgIpc) is 1.59. The number of unbranched alkanes of at least 4 members (excludes halogenated alkanes) is 6. The molecule has 3 aliphatic heterocycles. The first-order chi connectivity index (χ1) is 45.5. The topological polar surface area (TPSA) is 182 Å². The number of carbonyl (C=O) groups is 3. The Balaban J connectivity index is 0.773. The van der Waals surface area contributed by atoms with Crippen molar-refractivity contribution in [2.24, 2.45) is 17.8 Å². The number of fused-ring (bicyclic) bond motifs is 9. The maximum atomic E-state index is 14.5. The van der Waals surface area contributed by atoms with Gasteiger partial charge in [-0.15, -0.1) is 0 Å². The molecule has 6 amide bonds. The molecule has 0 saturated heterocycles. The van der Waals surface area contributed by atoms with E-state index in [1.54, 1.807) is 0 Å². The average molecular weight is 1260 g/mol. The number of nitrogens with one attached hydrogen (secondary N) is 6. The predicted octanol–water partition coefficient (Wildman–Crippen LogP) is 15.9. The van der Waals surface area contributed by atoms with Crippen LogP contribution in [0.15, 0.2) is 97.1 Å². The Bertz CT molecular complexity index is 3510.